The summed E-state index contributed by atoms with van der Waals surface area (Å²) in [5, 5.41) is 0.688. The average Bonchev–Trinajstić information content (AvgIpc) is 3.00. The maximum atomic E-state index is 12.7. The van der Waals surface area contributed by atoms with E-state index in [1.807, 2.05) is 17.0 Å². The summed E-state index contributed by atoms with van der Waals surface area (Å²) >= 11 is 5.99. The lowest BCUT2D eigenvalue weighted by Crippen LogP contribution is -2.41. The van der Waals surface area contributed by atoms with E-state index in [1.54, 1.807) is 6.07 Å². The minimum Gasteiger partial charge on any atom is -0.480 e. The van der Waals surface area contributed by atoms with Crippen LogP contribution in [0, 0.1) is 5.92 Å². The van der Waals surface area contributed by atoms with Crippen LogP contribution in [-0.2, 0) is 11.2 Å². The first-order chi connectivity index (χ1) is 9.95. The van der Waals surface area contributed by atoms with Crippen molar-refractivity contribution in [2.24, 2.45) is 5.92 Å². The van der Waals surface area contributed by atoms with E-state index < -0.39 is 6.10 Å². The van der Waals surface area contributed by atoms with E-state index in [9.17, 15) is 4.79 Å². The molecule has 2 heterocycles. The van der Waals surface area contributed by atoms with Crippen molar-refractivity contribution in [3.63, 3.8) is 0 Å². The van der Waals surface area contributed by atoms with E-state index in [0.717, 1.165) is 24.4 Å². The van der Waals surface area contributed by atoms with E-state index in [4.69, 9.17) is 16.3 Å². The van der Waals surface area contributed by atoms with E-state index in [-0.39, 0.29) is 5.91 Å². The summed E-state index contributed by atoms with van der Waals surface area (Å²) in [7, 11) is 4.14. The van der Waals surface area contributed by atoms with Crippen LogP contribution in [-0.4, -0.2) is 55.0 Å². The van der Waals surface area contributed by atoms with E-state index in [2.05, 4.69) is 25.9 Å². The molecule has 5 heteroatoms. The third-order valence-corrected chi connectivity index (χ3v) is 4.76. The van der Waals surface area contributed by atoms with Crippen LogP contribution in [0.5, 0.6) is 5.75 Å². The number of nitrogens with zero attached hydrogens (tertiary/aromatic N) is 2. The van der Waals surface area contributed by atoms with Gasteiger partial charge in [0, 0.05) is 30.6 Å². The van der Waals surface area contributed by atoms with Crippen LogP contribution in [0.1, 0.15) is 12.5 Å². The molecule has 0 bridgehead atoms. The molecule has 1 aromatic rings. The number of benzene rings is 1. The molecule has 1 amide bonds. The minimum atomic E-state index is -0.397. The fourth-order valence-electron chi connectivity index (χ4n) is 3.36. The van der Waals surface area contributed by atoms with Gasteiger partial charge in [0.25, 0.3) is 5.91 Å². The highest BCUT2D eigenvalue weighted by Gasteiger charge is 2.39. The van der Waals surface area contributed by atoms with Crippen LogP contribution in [0.25, 0.3) is 0 Å². The lowest BCUT2D eigenvalue weighted by Gasteiger charge is -2.23. The van der Waals surface area contributed by atoms with Gasteiger partial charge in [-0.2, -0.15) is 0 Å². The monoisotopic (exact) mass is 308 g/mol. The smallest absolute Gasteiger partial charge is 0.264 e. The number of rotatable bonds is 2. The molecule has 0 N–H and O–H groups in total. The second kappa shape index (κ2) is 5.50. The summed E-state index contributed by atoms with van der Waals surface area (Å²) in [6, 6.07) is 5.96. The highest BCUT2D eigenvalue weighted by Crippen LogP contribution is 2.32. The van der Waals surface area contributed by atoms with Gasteiger partial charge in [0.2, 0.25) is 0 Å². The van der Waals surface area contributed by atoms with Gasteiger partial charge in [0.05, 0.1) is 0 Å². The van der Waals surface area contributed by atoms with E-state index >= 15 is 0 Å². The lowest BCUT2D eigenvalue weighted by molar-refractivity contribution is -0.137. The van der Waals surface area contributed by atoms with Crippen LogP contribution in [0.2, 0.25) is 5.02 Å². The van der Waals surface area contributed by atoms with Crippen LogP contribution < -0.4 is 4.74 Å². The molecule has 1 fully saturated rings. The van der Waals surface area contributed by atoms with Crippen LogP contribution in [0.3, 0.4) is 0 Å². The zero-order valence-electron chi connectivity index (χ0n) is 12.7. The molecule has 2 aliphatic rings. The molecule has 21 heavy (non-hydrogen) atoms. The second-order valence-electron chi connectivity index (χ2n) is 6.31. The molecule has 3 rings (SSSR count). The number of ether oxygens (including phenoxy) is 1. The third kappa shape index (κ3) is 2.74. The van der Waals surface area contributed by atoms with E-state index in [0.29, 0.717) is 23.4 Å². The fourth-order valence-corrected chi connectivity index (χ4v) is 3.56. The largest absolute Gasteiger partial charge is 0.480 e. The summed E-state index contributed by atoms with van der Waals surface area (Å²) in [5.41, 5.74) is 1.03. The second-order valence-corrected chi connectivity index (χ2v) is 6.75. The molecule has 0 unspecified atom stereocenters. The highest BCUT2D eigenvalue weighted by molar-refractivity contribution is 6.30. The van der Waals surface area contributed by atoms with Crippen molar-refractivity contribution < 1.29 is 9.53 Å². The SMILES string of the molecule is C[C@@H]1CN(C(=O)[C@@H]2Cc3cc(Cl)ccc3O2)C[C@H]1N(C)C. The van der Waals surface area contributed by atoms with Gasteiger partial charge in [0.1, 0.15) is 5.75 Å². The van der Waals surface area contributed by atoms with Crippen molar-refractivity contribution >= 4 is 17.5 Å². The number of carbonyl (C=O) groups excluding carboxylic acids is 1. The Balaban J connectivity index is 1.68. The summed E-state index contributed by atoms with van der Waals surface area (Å²) in [6.45, 7) is 3.78. The fraction of sp³-hybridized carbons (Fsp3) is 0.562. The summed E-state index contributed by atoms with van der Waals surface area (Å²) < 4.78 is 5.80. The van der Waals surface area contributed by atoms with Gasteiger partial charge in [0.15, 0.2) is 6.10 Å². The molecule has 4 nitrogen and oxygen atoms in total. The van der Waals surface area contributed by atoms with Crippen molar-refractivity contribution in [1.82, 2.24) is 9.80 Å². The first-order valence-electron chi connectivity index (χ1n) is 7.36. The third-order valence-electron chi connectivity index (χ3n) is 4.52. The Labute approximate surface area is 130 Å². The van der Waals surface area contributed by atoms with Gasteiger partial charge >= 0.3 is 0 Å². The molecule has 3 atom stereocenters. The number of amides is 1. The van der Waals surface area contributed by atoms with Crippen molar-refractivity contribution in [3.8, 4) is 5.75 Å². The number of carbonyl (C=O) groups is 1. The normalized spacial score (nSPS) is 27.9. The number of likely N-dealkylation sites (N-methyl/N-ethyl adjacent to an activating group) is 1. The number of hydrogen-bond acceptors (Lipinski definition) is 3. The Morgan fingerprint density at radius 2 is 2.14 bits per heavy atom. The highest BCUT2D eigenvalue weighted by atomic mass is 35.5. The molecule has 114 valence electrons. The molecule has 0 radical (unpaired) electrons. The van der Waals surface area contributed by atoms with Gasteiger partial charge < -0.3 is 14.5 Å². The van der Waals surface area contributed by atoms with Gasteiger partial charge in [-0.1, -0.05) is 18.5 Å². The average molecular weight is 309 g/mol. The molecule has 0 aliphatic carbocycles. The Morgan fingerprint density at radius 3 is 2.81 bits per heavy atom. The molecule has 0 saturated carbocycles. The van der Waals surface area contributed by atoms with Crippen molar-refractivity contribution in [1.29, 1.82) is 0 Å². The lowest BCUT2D eigenvalue weighted by atomic mass is 10.1. The van der Waals surface area contributed by atoms with Gasteiger partial charge in [-0.3, -0.25) is 4.79 Å². The van der Waals surface area contributed by atoms with Crippen LogP contribution in [0.4, 0.5) is 0 Å². The Kier molecular flexibility index (Phi) is 3.84. The quantitative estimate of drug-likeness (QED) is 0.838. The van der Waals surface area contributed by atoms with E-state index in [1.165, 1.54) is 0 Å². The Bertz CT molecular complexity index is 561. The minimum absolute atomic E-state index is 0.0959. The van der Waals surface area contributed by atoms with Crippen molar-refractivity contribution in [2.45, 2.75) is 25.5 Å². The first kappa shape index (κ1) is 14.7. The molecule has 2 aliphatic heterocycles. The molecular formula is C16H21ClN2O2. The number of halogens is 1. The predicted octanol–water partition coefficient (Wildman–Crippen LogP) is 2.05. The van der Waals surface area contributed by atoms with Gasteiger partial charge in [-0.05, 0) is 43.8 Å². The summed E-state index contributed by atoms with van der Waals surface area (Å²) in [6.07, 6.45) is 0.221. The predicted molar refractivity (Wildman–Crippen MR) is 82.8 cm³/mol. The molecule has 0 spiro atoms. The summed E-state index contributed by atoms with van der Waals surface area (Å²) in [5.74, 6) is 1.37. The topological polar surface area (TPSA) is 32.8 Å². The van der Waals surface area contributed by atoms with Crippen LogP contribution >= 0.6 is 11.6 Å². The number of likely N-dealkylation sites (tertiary alicyclic amines) is 1. The van der Waals surface area contributed by atoms with Gasteiger partial charge in [-0.25, -0.2) is 0 Å². The molecule has 1 saturated heterocycles. The number of fused-ring (bicyclic) bond motifs is 1. The molecular weight excluding hydrogens is 288 g/mol. The summed E-state index contributed by atoms with van der Waals surface area (Å²) in [4.78, 5) is 16.8. The standard InChI is InChI=1S/C16H21ClN2O2/c1-10-8-19(9-13(10)18(2)3)16(20)15-7-11-6-12(17)4-5-14(11)21-15/h4-6,10,13,15H,7-9H2,1-3H3/t10-,13-,15+/m1/s1. The Hall–Kier alpha value is -1.26. The van der Waals surface area contributed by atoms with Crippen molar-refractivity contribution in [2.75, 3.05) is 27.2 Å². The maximum Gasteiger partial charge on any atom is 0.264 e. The van der Waals surface area contributed by atoms with Crippen LogP contribution in [0.15, 0.2) is 18.2 Å². The van der Waals surface area contributed by atoms with Crippen molar-refractivity contribution in [3.05, 3.63) is 28.8 Å². The zero-order valence-corrected chi connectivity index (χ0v) is 13.4. The first-order valence-corrected chi connectivity index (χ1v) is 7.74. The Morgan fingerprint density at radius 1 is 1.38 bits per heavy atom. The molecule has 0 aromatic heterocycles. The maximum absolute atomic E-state index is 12.7. The molecule has 1 aromatic carbocycles. The zero-order chi connectivity index (χ0) is 15.1. The van der Waals surface area contributed by atoms with Gasteiger partial charge in [-0.15, -0.1) is 0 Å². The number of hydrogen-bond donors (Lipinski definition) is 0.